The van der Waals surface area contributed by atoms with Crippen molar-refractivity contribution in [1.82, 2.24) is 0 Å². The Balaban J connectivity index is 2.27. The molecule has 26 heavy (non-hydrogen) atoms. The number of hydrogen-bond acceptors (Lipinski definition) is 4. The van der Waals surface area contributed by atoms with E-state index in [1.54, 1.807) is 12.1 Å². The maximum Gasteiger partial charge on any atom is 0.255 e. The summed E-state index contributed by atoms with van der Waals surface area (Å²) in [5.74, 6) is -0.315. The summed E-state index contributed by atoms with van der Waals surface area (Å²) in [4.78, 5) is 23.3. The van der Waals surface area contributed by atoms with Gasteiger partial charge < -0.3 is 15.2 Å². The molecule has 136 valence electrons. The predicted molar refractivity (Wildman–Crippen MR) is 103 cm³/mol. The third kappa shape index (κ3) is 4.91. The summed E-state index contributed by atoms with van der Waals surface area (Å²) in [6.45, 7) is -0.276. The number of halogens is 3. The zero-order valence-electron chi connectivity index (χ0n) is 13.6. The molecule has 1 amide bonds. The fraction of sp³-hybridized carbons (Fsp3) is 0.111. The molecule has 0 spiro atoms. The minimum absolute atomic E-state index is 0.255. The molecule has 0 radical (unpaired) electrons. The lowest BCUT2D eigenvalue weighted by atomic mass is 10.1. The lowest BCUT2D eigenvalue weighted by Crippen LogP contribution is -2.20. The number of rotatable bonds is 7. The molecule has 2 aromatic carbocycles. The summed E-state index contributed by atoms with van der Waals surface area (Å²) in [7, 11) is 1.42. The van der Waals surface area contributed by atoms with Gasteiger partial charge in [0.2, 0.25) is 0 Å². The van der Waals surface area contributed by atoms with Crippen LogP contribution >= 0.6 is 34.8 Å². The number of ketones is 1. The summed E-state index contributed by atoms with van der Waals surface area (Å²) < 4.78 is 10.4. The molecule has 5 nitrogen and oxygen atoms in total. The van der Waals surface area contributed by atoms with Crippen molar-refractivity contribution >= 4 is 52.6 Å². The van der Waals surface area contributed by atoms with Gasteiger partial charge in [-0.05, 0) is 36.4 Å². The summed E-state index contributed by atoms with van der Waals surface area (Å²) >= 11 is 18.2. The van der Waals surface area contributed by atoms with Gasteiger partial charge in [0, 0.05) is 16.7 Å². The largest absolute Gasteiger partial charge is 0.496 e. The lowest BCUT2D eigenvalue weighted by molar-refractivity contribution is -0.119. The van der Waals surface area contributed by atoms with Crippen molar-refractivity contribution in [3.05, 3.63) is 62.6 Å². The van der Waals surface area contributed by atoms with E-state index in [-0.39, 0.29) is 23.2 Å². The second-order valence-corrected chi connectivity index (χ2v) is 6.26. The number of ether oxygens (including phenoxy) is 2. The van der Waals surface area contributed by atoms with Crippen LogP contribution in [0, 0.1) is 0 Å². The topological polar surface area (TPSA) is 78.6 Å². The smallest absolute Gasteiger partial charge is 0.255 e. The van der Waals surface area contributed by atoms with Crippen molar-refractivity contribution in [2.45, 2.75) is 0 Å². The highest BCUT2D eigenvalue weighted by atomic mass is 35.5. The third-order valence-electron chi connectivity index (χ3n) is 3.30. The van der Waals surface area contributed by atoms with Crippen LogP contribution in [0.3, 0.4) is 0 Å². The van der Waals surface area contributed by atoms with Crippen LogP contribution in [0.1, 0.15) is 15.9 Å². The van der Waals surface area contributed by atoms with E-state index >= 15 is 0 Å². The van der Waals surface area contributed by atoms with Crippen molar-refractivity contribution in [2.75, 3.05) is 13.7 Å². The van der Waals surface area contributed by atoms with Crippen LogP contribution in [0.25, 0.3) is 6.08 Å². The highest BCUT2D eigenvalue weighted by Crippen LogP contribution is 2.33. The predicted octanol–water partition coefficient (Wildman–Crippen LogP) is 4.42. The number of primary amides is 1. The van der Waals surface area contributed by atoms with Crippen molar-refractivity contribution in [1.29, 1.82) is 0 Å². The van der Waals surface area contributed by atoms with Gasteiger partial charge in [-0.15, -0.1) is 0 Å². The van der Waals surface area contributed by atoms with Gasteiger partial charge in [0.1, 0.15) is 11.5 Å². The Hall–Kier alpha value is -2.21. The molecule has 0 bridgehead atoms. The lowest BCUT2D eigenvalue weighted by Gasteiger charge is -2.09. The number of benzene rings is 2. The number of amides is 1. The minimum atomic E-state index is -0.609. The van der Waals surface area contributed by atoms with Crippen LogP contribution in [-0.2, 0) is 4.79 Å². The van der Waals surface area contributed by atoms with E-state index < -0.39 is 5.91 Å². The Morgan fingerprint density at radius 1 is 1.12 bits per heavy atom. The Morgan fingerprint density at radius 3 is 2.46 bits per heavy atom. The van der Waals surface area contributed by atoms with Crippen molar-refractivity contribution in [3.63, 3.8) is 0 Å². The molecule has 2 rings (SSSR count). The molecule has 0 aliphatic heterocycles. The SMILES string of the molecule is COc1cc(OCC(N)=O)ccc1C(=O)/C=C/c1c(Cl)ccc(Cl)c1Cl. The van der Waals surface area contributed by atoms with E-state index in [0.29, 0.717) is 26.9 Å². The van der Waals surface area contributed by atoms with E-state index in [0.717, 1.165) is 0 Å². The van der Waals surface area contributed by atoms with Gasteiger partial charge in [-0.25, -0.2) is 0 Å². The zero-order valence-corrected chi connectivity index (χ0v) is 15.9. The van der Waals surface area contributed by atoms with Crippen LogP contribution in [-0.4, -0.2) is 25.4 Å². The Bertz CT molecular complexity index is 881. The van der Waals surface area contributed by atoms with Crippen molar-refractivity contribution < 1.29 is 19.1 Å². The Labute approximate surface area is 165 Å². The molecular formula is C18H14Cl3NO4. The number of allylic oxidation sites excluding steroid dienone is 1. The number of carbonyl (C=O) groups is 2. The highest BCUT2D eigenvalue weighted by molar-refractivity contribution is 6.44. The average Bonchev–Trinajstić information content (AvgIpc) is 2.62. The molecular weight excluding hydrogens is 401 g/mol. The molecule has 0 aromatic heterocycles. The summed E-state index contributed by atoms with van der Waals surface area (Å²) in [6.07, 6.45) is 2.79. The van der Waals surface area contributed by atoms with E-state index in [1.807, 2.05) is 0 Å². The first kappa shape index (κ1) is 20.1. The average molecular weight is 415 g/mol. The molecule has 0 heterocycles. The first-order valence-corrected chi connectivity index (χ1v) is 8.42. The molecule has 2 N–H and O–H groups in total. The van der Waals surface area contributed by atoms with Gasteiger partial charge in [-0.1, -0.05) is 34.8 Å². The first-order valence-electron chi connectivity index (χ1n) is 7.28. The van der Waals surface area contributed by atoms with Gasteiger partial charge in [0.15, 0.2) is 12.4 Å². The van der Waals surface area contributed by atoms with Crippen molar-refractivity contribution in [2.24, 2.45) is 5.73 Å². The van der Waals surface area contributed by atoms with Crippen LogP contribution in [0.15, 0.2) is 36.4 Å². The molecule has 8 heteroatoms. The van der Waals surface area contributed by atoms with Crippen LogP contribution in [0.4, 0.5) is 0 Å². The molecule has 0 saturated carbocycles. The van der Waals surface area contributed by atoms with Gasteiger partial charge in [0.05, 0.1) is 22.7 Å². The second-order valence-electron chi connectivity index (χ2n) is 5.07. The molecule has 0 fully saturated rings. The summed E-state index contributed by atoms with van der Waals surface area (Å²) in [6, 6.07) is 7.70. The number of nitrogens with two attached hydrogens (primary N) is 1. The van der Waals surface area contributed by atoms with Gasteiger partial charge in [-0.2, -0.15) is 0 Å². The standard InChI is InChI=1S/C18H14Cl3NO4/c1-25-16-8-10(26-9-17(22)24)2-3-12(16)15(23)7-4-11-13(19)5-6-14(20)18(11)21/h2-8H,9H2,1H3,(H2,22,24)/b7-4+. The highest BCUT2D eigenvalue weighted by Gasteiger charge is 2.13. The fourth-order valence-electron chi connectivity index (χ4n) is 2.06. The van der Waals surface area contributed by atoms with Gasteiger partial charge >= 0.3 is 0 Å². The molecule has 0 atom stereocenters. The van der Waals surface area contributed by atoms with Crippen LogP contribution < -0.4 is 15.2 Å². The van der Waals surface area contributed by atoms with E-state index in [2.05, 4.69) is 0 Å². The van der Waals surface area contributed by atoms with Gasteiger partial charge in [0.25, 0.3) is 5.91 Å². The third-order valence-corrected chi connectivity index (χ3v) is 4.45. The molecule has 0 aliphatic rings. The Kier molecular flexibility index (Phi) is 6.91. The fourth-order valence-corrected chi connectivity index (χ4v) is 2.73. The quantitative estimate of drug-likeness (QED) is 0.413. The molecule has 2 aromatic rings. The second kappa shape index (κ2) is 8.94. The first-order chi connectivity index (χ1) is 12.3. The summed E-state index contributed by atoms with van der Waals surface area (Å²) in [5.41, 5.74) is 5.76. The van der Waals surface area contributed by atoms with E-state index in [9.17, 15) is 9.59 Å². The van der Waals surface area contributed by atoms with E-state index in [1.165, 1.54) is 37.5 Å². The number of hydrogen-bond donors (Lipinski definition) is 1. The minimum Gasteiger partial charge on any atom is -0.496 e. The van der Waals surface area contributed by atoms with E-state index in [4.69, 9.17) is 50.0 Å². The van der Waals surface area contributed by atoms with Crippen LogP contribution in [0.5, 0.6) is 11.5 Å². The monoisotopic (exact) mass is 413 g/mol. The molecule has 0 aliphatic carbocycles. The van der Waals surface area contributed by atoms with Crippen LogP contribution in [0.2, 0.25) is 15.1 Å². The Morgan fingerprint density at radius 2 is 1.81 bits per heavy atom. The number of carbonyl (C=O) groups excluding carboxylic acids is 2. The zero-order chi connectivity index (χ0) is 19.3. The van der Waals surface area contributed by atoms with Gasteiger partial charge in [-0.3, -0.25) is 9.59 Å². The summed E-state index contributed by atoms with van der Waals surface area (Å²) in [5, 5.41) is 0.952. The maximum absolute atomic E-state index is 12.5. The number of methoxy groups -OCH3 is 1. The maximum atomic E-state index is 12.5. The normalized spacial score (nSPS) is 10.8. The van der Waals surface area contributed by atoms with Crippen molar-refractivity contribution in [3.8, 4) is 11.5 Å². The molecule has 0 saturated heterocycles. The molecule has 0 unspecified atom stereocenters.